The van der Waals surface area contributed by atoms with Crippen LogP contribution in [0.2, 0.25) is 0 Å². The van der Waals surface area contributed by atoms with Crippen LogP contribution >= 0.6 is 0 Å². The largest absolute Gasteiger partial charge is 0.249 e. The number of alkyl halides is 2. The second-order valence-corrected chi connectivity index (χ2v) is 2.78. The third-order valence-corrected chi connectivity index (χ3v) is 1.82. The van der Waals surface area contributed by atoms with Gasteiger partial charge in [0, 0.05) is 12.8 Å². The molecule has 3 heteroatoms. The van der Waals surface area contributed by atoms with Gasteiger partial charge in [0.1, 0.15) is 0 Å². The van der Waals surface area contributed by atoms with E-state index in [4.69, 9.17) is 5.26 Å². The van der Waals surface area contributed by atoms with E-state index >= 15 is 0 Å². The highest BCUT2D eigenvalue weighted by Gasteiger charge is 2.35. The van der Waals surface area contributed by atoms with Gasteiger partial charge in [-0.3, -0.25) is 0 Å². The number of nitrogens with zero attached hydrogens (tertiary/aromatic N) is 1. The van der Waals surface area contributed by atoms with E-state index < -0.39 is 11.8 Å². The molecule has 0 aliphatic heterocycles. The molecule has 0 unspecified atom stereocenters. The van der Waals surface area contributed by atoms with Gasteiger partial charge in [0.2, 0.25) is 5.92 Å². The van der Waals surface area contributed by atoms with Crippen LogP contribution in [0.1, 0.15) is 25.7 Å². The topological polar surface area (TPSA) is 23.8 Å². The van der Waals surface area contributed by atoms with E-state index in [0.29, 0.717) is 12.8 Å². The molecule has 0 aromatic rings. The second kappa shape index (κ2) is 2.53. The first kappa shape index (κ1) is 7.46. The van der Waals surface area contributed by atoms with Crippen molar-refractivity contribution in [1.29, 1.82) is 5.26 Å². The minimum Gasteiger partial charge on any atom is -0.207 e. The molecule has 10 heavy (non-hydrogen) atoms. The fourth-order valence-corrected chi connectivity index (χ4v) is 1.28. The molecule has 0 radical (unpaired) electrons. The van der Waals surface area contributed by atoms with Gasteiger partial charge in [-0.05, 0) is 12.8 Å². The molecule has 0 aromatic carbocycles. The summed E-state index contributed by atoms with van der Waals surface area (Å²) < 4.78 is 25.0. The van der Waals surface area contributed by atoms with Crippen LogP contribution in [0.4, 0.5) is 8.78 Å². The highest BCUT2D eigenvalue weighted by Crippen LogP contribution is 2.35. The van der Waals surface area contributed by atoms with Crippen LogP contribution in [0.25, 0.3) is 0 Å². The van der Waals surface area contributed by atoms with Crippen molar-refractivity contribution in [2.75, 3.05) is 0 Å². The van der Waals surface area contributed by atoms with Crippen LogP contribution in [0.15, 0.2) is 0 Å². The summed E-state index contributed by atoms with van der Waals surface area (Å²) in [6.07, 6.45) is 0.867. The van der Waals surface area contributed by atoms with Crippen LogP contribution in [0.5, 0.6) is 0 Å². The van der Waals surface area contributed by atoms with Gasteiger partial charge in [-0.15, -0.1) is 0 Å². The standard InChI is InChI=1S/C7H9F2N/c8-7(9)3-1-2-6(4-7)5-10/h6H,1-4H2/t6-/m0/s1. The van der Waals surface area contributed by atoms with Crippen LogP contribution in [-0.4, -0.2) is 5.92 Å². The molecule has 0 amide bonds. The van der Waals surface area contributed by atoms with Crippen molar-refractivity contribution in [1.82, 2.24) is 0 Å². The van der Waals surface area contributed by atoms with Crippen molar-refractivity contribution < 1.29 is 8.78 Å². The molecule has 1 rings (SSSR count). The molecule has 1 saturated carbocycles. The average Bonchev–Trinajstić information content (AvgIpc) is 1.86. The Morgan fingerprint density at radius 1 is 1.50 bits per heavy atom. The quantitative estimate of drug-likeness (QED) is 0.513. The van der Waals surface area contributed by atoms with Gasteiger partial charge >= 0.3 is 0 Å². The van der Waals surface area contributed by atoms with Crippen LogP contribution in [0, 0.1) is 17.2 Å². The van der Waals surface area contributed by atoms with E-state index in [1.54, 1.807) is 0 Å². The number of hydrogen-bond acceptors (Lipinski definition) is 1. The summed E-state index contributed by atoms with van der Waals surface area (Å²) in [4.78, 5) is 0. The van der Waals surface area contributed by atoms with Crippen molar-refractivity contribution in [3.63, 3.8) is 0 Å². The zero-order valence-corrected chi connectivity index (χ0v) is 5.61. The Bertz CT molecular complexity index is 159. The summed E-state index contributed by atoms with van der Waals surface area (Å²) in [7, 11) is 0. The van der Waals surface area contributed by atoms with E-state index in [0.717, 1.165) is 0 Å². The molecular formula is C7H9F2N. The maximum atomic E-state index is 12.5. The van der Waals surface area contributed by atoms with E-state index in [1.165, 1.54) is 0 Å². The maximum absolute atomic E-state index is 12.5. The smallest absolute Gasteiger partial charge is 0.207 e. The number of halogens is 2. The maximum Gasteiger partial charge on any atom is 0.249 e. The number of nitriles is 1. The predicted molar refractivity (Wildman–Crippen MR) is 32.5 cm³/mol. The highest BCUT2D eigenvalue weighted by molar-refractivity contribution is 4.90. The predicted octanol–water partition coefficient (Wildman–Crippen LogP) is 2.34. The van der Waals surface area contributed by atoms with Crippen LogP contribution in [0.3, 0.4) is 0 Å². The van der Waals surface area contributed by atoms with Crippen LogP contribution in [-0.2, 0) is 0 Å². The lowest BCUT2D eigenvalue weighted by atomic mass is 9.88. The zero-order valence-electron chi connectivity index (χ0n) is 5.61. The molecule has 1 nitrogen and oxygen atoms in total. The lowest BCUT2D eigenvalue weighted by molar-refractivity contribution is -0.0443. The highest BCUT2D eigenvalue weighted by atomic mass is 19.3. The van der Waals surface area contributed by atoms with E-state index in [9.17, 15) is 8.78 Å². The number of hydrogen-bond donors (Lipinski definition) is 0. The van der Waals surface area contributed by atoms with Gasteiger partial charge in [0.15, 0.2) is 0 Å². The summed E-state index contributed by atoms with van der Waals surface area (Å²) in [5.41, 5.74) is 0. The van der Waals surface area contributed by atoms with Gasteiger partial charge < -0.3 is 0 Å². The molecule has 0 heterocycles. The molecule has 1 aliphatic rings. The molecule has 0 N–H and O–H groups in total. The molecule has 1 fully saturated rings. The fraction of sp³-hybridized carbons (Fsp3) is 0.857. The summed E-state index contributed by atoms with van der Waals surface area (Å²) in [6, 6.07) is 1.88. The first-order chi connectivity index (χ1) is 4.64. The molecule has 0 aromatic heterocycles. The minimum absolute atomic E-state index is 0.0365. The van der Waals surface area contributed by atoms with E-state index in [2.05, 4.69) is 0 Å². The SMILES string of the molecule is N#C[C@H]1CCCC(F)(F)C1. The van der Waals surface area contributed by atoms with Gasteiger partial charge in [-0.1, -0.05) is 0 Å². The Balaban J connectivity index is 2.49. The van der Waals surface area contributed by atoms with Crippen molar-refractivity contribution in [3.8, 4) is 6.07 Å². The molecule has 0 spiro atoms. The zero-order chi connectivity index (χ0) is 7.61. The molecular weight excluding hydrogens is 136 g/mol. The van der Waals surface area contributed by atoms with Crippen molar-refractivity contribution in [2.24, 2.45) is 5.92 Å². The monoisotopic (exact) mass is 145 g/mol. The Kier molecular flexibility index (Phi) is 1.89. The van der Waals surface area contributed by atoms with Gasteiger partial charge in [-0.2, -0.15) is 5.26 Å². The Morgan fingerprint density at radius 3 is 2.60 bits per heavy atom. The summed E-state index contributed by atoms with van der Waals surface area (Å²) in [5, 5.41) is 8.34. The Morgan fingerprint density at radius 2 is 2.20 bits per heavy atom. The lowest BCUT2D eigenvalue weighted by Crippen LogP contribution is -2.25. The third-order valence-electron chi connectivity index (χ3n) is 1.82. The van der Waals surface area contributed by atoms with Gasteiger partial charge in [0.05, 0.1) is 12.0 Å². The molecule has 0 bridgehead atoms. The minimum atomic E-state index is -2.57. The van der Waals surface area contributed by atoms with E-state index in [-0.39, 0.29) is 12.8 Å². The molecule has 56 valence electrons. The lowest BCUT2D eigenvalue weighted by Gasteiger charge is -2.24. The molecule has 0 saturated heterocycles. The first-order valence-electron chi connectivity index (χ1n) is 3.41. The molecule has 1 atom stereocenters. The Hall–Kier alpha value is -0.650. The third kappa shape index (κ3) is 1.66. The van der Waals surface area contributed by atoms with Gasteiger partial charge in [-0.25, -0.2) is 8.78 Å². The Labute approximate surface area is 58.6 Å². The van der Waals surface area contributed by atoms with Crippen molar-refractivity contribution >= 4 is 0 Å². The summed E-state index contributed by atoms with van der Waals surface area (Å²) >= 11 is 0. The van der Waals surface area contributed by atoms with Crippen molar-refractivity contribution in [2.45, 2.75) is 31.6 Å². The first-order valence-corrected chi connectivity index (χ1v) is 3.41. The van der Waals surface area contributed by atoms with Crippen LogP contribution < -0.4 is 0 Å². The number of rotatable bonds is 0. The second-order valence-electron chi connectivity index (χ2n) is 2.78. The normalized spacial score (nSPS) is 31.1. The van der Waals surface area contributed by atoms with Crippen molar-refractivity contribution in [3.05, 3.63) is 0 Å². The summed E-state index contributed by atoms with van der Waals surface area (Å²) in [6.45, 7) is 0. The molecule has 1 aliphatic carbocycles. The summed E-state index contributed by atoms with van der Waals surface area (Å²) in [5.74, 6) is -2.98. The fourth-order valence-electron chi connectivity index (χ4n) is 1.28. The van der Waals surface area contributed by atoms with E-state index in [1.807, 2.05) is 6.07 Å². The van der Waals surface area contributed by atoms with Gasteiger partial charge in [0.25, 0.3) is 0 Å². The average molecular weight is 145 g/mol.